The molecule has 0 unspecified atom stereocenters. The molecular weight excluding hydrogens is 417 g/mol. The first kappa shape index (κ1) is 19.2. The van der Waals surface area contributed by atoms with E-state index in [1.54, 1.807) is 37.8 Å². The van der Waals surface area contributed by atoms with Gasteiger partial charge in [0.2, 0.25) is 0 Å². The second-order valence-corrected chi connectivity index (χ2v) is 7.76. The van der Waals surface area contributed by atoms with Crippen molar-refractivity contribution in [1.29, 1.82) is 0 Å². The van der Waals surface area contributed by atoms with Gasteiger partial charge in [-0.3, -0.25) is 10.1 Å². The summed E-state index contributed by atoms with van der Waals surface area (Å²) < 4.78 is 18.7. The maximum absolute atomic E-state index is 13.4. The van der Waals surface area contributed by atoms with Gasteiger partial charge in [-0.15, -0.1) is 0 Å². The smallest absolute Gasteiger partial charge is 0.181 e. The Morgan fingerprint density at radius 2 is 1.70 bits per heavy atom. The van der Waals surface area contributed by atoms with Crippen molar-refractivity contribution >= 4 is 21.9 Å². The Morgan fingerprint density at radius 1 is 0.848 bits per heavy atom. The Labute approximate surface area is 188 Å². The lowest BCUT2D eigenvalue weighted by Gasteiger charge is -2.04. The molecule has 33 heavy (non-hydrogen) atoms. The molecule has 0 saturated carbocycles. The highest BCUT2D eigenvalue weighted by Crippen LogP contribution is 2.35. The van der Waals surface area contributed by atoms with Gasteiger partial charge in [-0.2, -0.15) is 5.10 Å². The minimum atomic E-state index is -0.251. The Morgan fingerprint density at radius 3 is 2.55 bits per heavy atom. The van der Waals surface area contributed by atoms with E-state index in [9.17, 15) is 4.39 Å². The molecule has 0 aliphatic heterocycles. The summed E-state index contributed by atoms with van der Waals surface area (Å²) >= 11 is 0. The predicted molar refractivity (Wildman–Crippen MR) is 126 cm³/mol. The largest absolute Gasteiger partial charge is 0.495 e. The summed E-state index contributed by atoms with van der Waals surface area (Å²) in [6, 6.07) is 18.6. The predicted octanol–water partition coefficient (Wildman–Crippen LogP) is 5.98. The summed E-state index contributed by atoms with van der Waals surface area (Å²) in [5.41, 5.74) is 7.15. The van der Waals surface area contributed by atoms with Crippen LogP contribution >= 0.6 is 0 Å². The van der Waals surface area contributed by atoms with E-state index in [1.165, 1.54) is 12.1 Å². The first-order valence-corrected chi connectivity index (χ1v) is 10.4. The Kier molecular flexibility index (Phi) is 4.40. The van der Waals surface area contributed by atoms with E-state index >= 15 is 0 Å². The molecule has 4 heterocycles. The van der Waals surface area contributed by atoms with E-state index < -0.39 is 0 Å². The van der Waals surface area contributed by atoms with Crippen molar-refractivity contribution in [1.82, 2.24) is 25.1 Å². The van der Waals surface area contributed by atoms with Crippen molar-refractivity contribution in [2.75, 3.05) is 7.11 Å². The van der Waals surface area contributed by atoms with Crippen LogP contribution in [0.2, 0.25) is 0 Å². The molecule has 0 saturated heterocycles. The molecule has 160 valence electrons. The van der Waals surface area contributed by atoms with Gasteiger partial charge in [0.25, 0.3) is 0 Å². The molecule has 6 aromatic rings. The summed E-state index contributed by atoms with van der Waals surface area (Å²) in [6.07, 6.45) is 5.23. The zero-order valence-electron chi connectivity index (χ0n) is 17.6. The summed E-state index contributed by atoms with van der Waals surface area (Å²) in [4.78, 5) is 12.3. The molecule has 2 aromatic carbocycles. The normalized spacial score (nSPS) is 11.3. The molecule has 0 aliphatic carbocycles. The molecule has 0 fully saturated rings. The lowest BCUT2D eigenvalue weighted by atomic mass is 10.0. The first-order chi connectivity index (χ1) is 16.2. The van der Waals surface area contributed by atoms with Gasteiger partial charge in [-0.1, -0.05) is 24.3 Å². The van der Waals surface area contributed by atoms with Crippen LogP contribution in [0.4, 0.5) is 4.39 Å². The standard InChI is InChI=1S/C26H18FN5O/c1-33-19-9-16(12-28-14-19)17-10-22-25(31-32-26(22)29-13-17)24-11-21-20(3-2-4-23(21)30-24)15-5-7-18(27)8-6-15/h2-14,30H,1H3,(H,29,31,32). The third kappa shape index (κ3) is 3.30. The van der Waals surface area contributed by atoms with Crippen LogP contribution in [0.1, 0.15) is 0 Å². The van der Waals surface area contributed by atoms with Gasteiger partial charge >= 0.3 is 0 Å². The highest BCUT2D eigenvalue weighted by atomic mass is 19.1. The molecule has 0 aliphatic rings. The Bertz CT molecular complexity index is 1620. The van der Waals surface area contributed by atoms with Gasteiger partial charge in [0.05, 0.1) is 24.7 Å². The number of nitrogens with one attached hydrogen (secondary N) is 2. The molecule has 4 aromatic heterocycles. The minimum absolute atomic E-state index is 0.251. The first-order valence-electron chi connectivity index (χ1n) is 10.4. The number of ether oxygens (including phenoxy) is 1. The molecule has 0 amide bonds. The number of halogens is 1. The zero-order valence-corrected chi connectivity index (χ0v) is 17.6. The van der Waals surface area contributed by atoms with Crippen molar-refractivity contribution in [2.24, 2.45) is 0 Å². The lowest BCUT2D eigenvalue weighted by molar-refractivity contribution is 0.413. The van der Waals surface area contributed by atoms with Crippen LogP contribution in [0.15, 0.2) is 79.3 Å². The number of hydrogen-bond acceptors (Lipinski definition) is 4. The van der Waals surface area contributed by atoms with Crippen molar-refractivity contribution < 1.29 is 9.13 Å². The molecule has 2 N–H and O–H groups in total. The minimum Gasteiger partial charge on any atom is -0.495 e. The molecule has 0 spiro atoms. The summed E-state index contributed by atoms with van der Waals surface area (Å²) in [7, 11) is 1.62. The number of nitrogens with zero attached hydrogens (tertiary/aromatic N) is 3. The maximum Gasteiger partial charge on any atom is 0.181 e. The SMILES string of the molecule is COc1cncc(-c2cnc3n[nH]c(-c4cc5c(-c6ccc(F)cc6)cccc5[nH]4)c3c2)c1. The molecule has 6 nitrogen and oxygen atoms in total. The Hall–Kier alpha value is -4.52. The van der Waals surface area contributed by atoms with Crippen LogP contribution in [-0.4, -0.2) is 32.3 Å². The molecule has 6 rings (SSSR count). The number of hydrogen-bond donors (Lipinski definition) is 2. The molecule has 0 bridgehead atoms. The number of methoxy groups -OCH3 is 1. The molecule has 7 heteroatoms. The monoisotopic (exact) mass is 435 g/mol. The van der Waals surface area contributed by atoms with Gasteiger partial charge in [0.1, 0.15) is 11.6 Å². The van der Waals surface area contributed by atoms with E-state index in [1.807, 2.05) is 30.3 Å². The van der Waals surface area contributed by atoms with E-state index in [0.29, 0.717) is 11.4 Å². The molecular formula is C26H18FN5O. The number of aromatic nitrogens is 5. The van der Waals surface area contributed by atoms with Crippen molar-refractivity contribution in [3.63, 3.8) is 0 Å². The second kappa shape index (κ2) is 7.56. The fraction of sp³-hybridized carbons (Fsp3) is 0.0385. The second-order valence-electron chi connectivity index (χ2n) is 7.76. The van der Waals surface area contributed by atoms with Crippen molar-refractivity contribution in [2.45, 2.75) is 0 Å². The van der Waals surface area contributed by atoms with Crippen LogP contribution < -0.4 is 4.74 Å². The van der Waals surface area contributed by atoms with Crippen LogP contribution in [0, 0.1) is 5.82 Å². The zero-order chi connectivity index (χ0) is 22.4. The topological polar surface area (TPSA) is 79.5 Å². The summed E-state index contributed by atoms with van der Waals surface area (Å²) in [6.45, 7) is 0. The third-order valence-electron chi connectivity index (χ3n) is 5.78. The average Bonchev–Trinajstić information content (AvgIpc) is 3.48. The van der Waals surface area contributed by atoms with Gasteiger partial charge in [-0.05, 0) is 47.5 Å². The number of fused-ring (bicyclic) bond motifs is 2. The fourth-order valence-electron chi connectivity index (χ4n) is 4.12. The van der Waals surface area contributed by atoms with Gasteiger partial charge < -0.3 is 9.72 Å². The third-order valence-corrected chi connectivity index (χ3v) is 5.78. The van der Waals surface area contributed by atoms with Gasteiger partial charge in [-0.25, -0.2) is 9.37 Å². The van der Waals surface area contributed by atoms with Crippen molar-refractivity contribution in [3.8, 4) is 39.4 Å². The number of pyridine rings is 2. The van der Waals surface area contributed by atoms with Crippen LogP contribution in [-0.2, 0) is 0 Å². The average molecular weight is 435 g/mol. The summed E-state index contributed by atoms with van der Waals surface area (Å²) in [5.74, 6) is 0.433. The Balaban J connectivity index is 1.48. The van der Waals surface area contributed by atoms with E-state index in [-0.39, 0.29) is 5.82 Å². The lowest BCUT2D eigenvalue weighted by Crippen LogP contribution is -1.87. The number of H-pyrrole nitrogens is 2. The highest BCUT2D eigenvalue weighted by molar-refractivity contribution is 6.01. The van der Waals surface area contributed by atoms with Crippen molar-refractivity contribution in [3.05, 3.63) is 85.1 Å². The van der Waals surface area contributed by atoms with Crippen LogP contribution in [0.3, 0.4) is 0 Å². The van der Waals surface area contributed by atoms with Crippen LogP contribution in [0.5, 0.6) is 5.75 Å². The maximum atomic E-state index is 13.4. The van der Waals surface area contributed by atoms with Crippen LogP contribution in [0.25, 0.3) is 55.6 Å². The molecule has 0 atom stereocenters. The highest BCUT2D eigenvalue weighted by Gasteiger charge is 2.15. The molecule has 0 radical (unpaired) electrons. The number of aromatic amines is 2. The fourth-order valence-corrected chi connectivity index (χ4v) is 4.12. The quantitative estimate of drug-likeness (QED) is 0.357. The number of benzene rings is 2. The van der Waals surface area contributed by atoms with Gasteiger partial charge in [0.15, 0.2) is 5.65 Å². The summed E-state index contributed by atoms with van der Waals surface area (Å²) in [5, 5.41) is 9.45. The van der Waals surface area contributed by atoms with E-state index in [4.69, 9.17) is 4.74 Å². The van der Waals surface area contributed by atoms with E-state index in [0.717, 1.165) is 49.9 Å². The van der Waals surface area contributed by atoms with E-state index in [2.05, 4.69) is 31.2 Å². The number of rotatable bonds is 4. The van der Waals surface area contributed by atoms with Gasteiger partial charge in [0, 0.05) is 39.8 Å².